The molecule has 3 aromatic carbocycles. The number of sulfonamides is 1. The Labute approximate surface area is 418 Å². The normalized spacial score (nSPS) is 23.7. The third-order valence-corrected chi connectivity index (χ3v) is 16.6. The number of fused-ring (bicyclic) bond motifs is 3. The van der Waals surface area contributed by atoms with Crippen LogP contribution in [-0.2, 0) is 29.0 Å². The molecule has 5 aromatic rings. The van der Waals surface area contributed by atoms with E-state index in [0.29, 0.717) is 81.6 Å². The minimum atomic E-state index is -4.63. The Bertz CT molecular complexity index is 2910. The SMILES string of the molecule is CC(C)Oc1ccccc1[C@@H]1CCOCCN1C1CC2(CCN(c3ccc(C(=O)NS(=O)(=O)c4ccc(NC[C@H]5COCCO5)c([N+](=O)[O-])c4)c(N4c5cc6cc[nH]c6nc5O[C@H]5COCC[C@@H]54)c3)CC2)C1. The van der Waals surface area contributed by atoms with E-state index in [2.05, 4.69) is 61.8 Å². The first-order valence-electron chi connectivity index (χ1n) is 25.2. The molecule has 1 spiro atoms. The molecule has 6 aliphatic rings. The summed E-state index contributed by atoms with van der Waals surface area (Å²) in [6.45, 7) is 10.2. The summed E-state index contributed by atoms with van der Waals surface area (Å²) >= 11 is 0. The minimum Gasteiger partial charge on any atom is -0.491 e. The van der Waals surface area contributed by atoms with Crippen molar-refractivity contribution in [2.24, 2.45) is 5.41 Å². The van der Waals surface area contributed by atoms with Crippen molar-refractivity contribution < 1.29 is 46.6 Å². The number of nitrogens with zero attached hydrogens (tertiary/aromatic N) is 5. The fourth-order valence-corrected chi connectivity index (χ4v) is 12.6. The van der Waals surface area contributed by atoms with Gasteiger partial charge in [0.2, 0.25) is 5.88 Å². The Morgan fingerprint density at radius 3 is 2.56 bits per heavy atom. The summed E-state index contributed by atoms with van der Waals surface area (Å²) in [6.07, 6.45) is 6.80. The molecule has 7 heterocycles. The third-order valence-electron chi connectivity index (χ3n) is 15.3. The highest BCUT2D eigenvalue weighted by Gasteiger charge is 2.50. The molecule has 0 unspecified atom stereocenters. The molecular weight excluding hydrogens is 945 g/mol. The number of hydrogen-bond donors (Lipinski definition) is 3. The van der Waals surface area contributed by atoms with Crippen molar-refractivity contribution >= 4 is 55.4 Å². The van der Waals surface area contributed by atoms with E-state index in [1.165, 1.54) is 17.7 Å². The van der Waals surface area contributed by atoms with Crippen LogP contribution in [0, 0.1) is 15.5 Å². The number of anilines is 4. The average Bonchev–Trinajstić information content (AvgIpc) is 3.70. The summed E-state index contributed by atoms with van der Waals surface area (Å²) < 4.78 is 66.4. The molecule has 4 saturated heterocycles. The van der Waals surface area contributed by atoms with Crippen LogP contribution >= 0.6 is 0 Å². The number of aromatic nitrogens is 2. The predicted octanol–water partition coefficient (Wildman–Crippen LogP) is 7.10. The lowest BCUT2D eigenvalue weighted by Gasteiger charge is -2.56. The number of rotatable bonds is 13. The van der Waals surface area contributed by atoms with Gasteiger partial charge in [0, 0.05) is 80.4 Å². The zero-order chi connectivity index (χ0) is 49.6. The first-order chi connectivity index (χ1) is 34.9. The van der Waals surface area contributed by atoms with Crippen LogP contribution in [0.2, 0.25) is 0 Å². The molecule has 72 heavy (non-hydrogen) atoms. The van der Waals surface area contributed by atoms with Crippen LogP contribution in [0.25, 0.3) is 11.0 Å². The number of carbonyl (C=O) groups excluding carboxylic acids is 1. The number of aromatic amines is 1. The standard InChI is InChI=1S/C52H62N8O11S/c1-33(2)70-47-6-4-3-5-39(47)42-12-20-66-22-19-58(42)36-28-52(29-36)14-17-57(18-15-52)35-7-9-40(44(26-35)59-43-13-21-67-32-48(43)71-51-46(59)25-34-11-16-53-49(34)55-51)50(61)56-72(64,65)38-8-10-41(45(27-38)60(62)63)54-30-37-31-68-23-24-69-37/h3-11,16,25-27,33,36-37,42-43,48,54H,12-15,17-24,28-32H2,1-2H3,(H,53,55)(H,56,61)/t37-,42-,43-,48-/m0/s1. The van der Waals surface area contributed by atoms with Crippen molar-refractivity contribution in [1.29, 1.82) is 0 Å². The Morgan fingerprint density at radius 2 is 1.75 bits per heavy atom. The van der Waals surface area contributed by atoms with E-state index < -0.39 is 37.5 Å². The van der Waals surface area contributed by atoms with E-state index in [4.69, 9.17) is 33.4 Å². The summed E-state index contributed by atoms with van der Waals surface area (Å²) in [4.78, 5) is 41.0. The summed E-state index contributed by atoms with van der Waals surface area (Å²) in [6, 6.07) is 21.8. The molecule has 382 valence electrons. The van der Waals surface area contributed by atoms with Gasteiger partial charge in [0.05, 0.1) is 72.4 Å². The number of benzene rings is 3. The van der Waals surface area contributed by atoms with E-state index in [1.54, 1.807) is 12.3 Å². The molecule has 20 heteroatoms. The van der Waals surface area contributed by atoms with Crippen LogP contribution in [0.5, 0.6) is 11.6 Å². The molecule has 5 aliphatic heterocycles. The van der Waals surface area contributed by atoms with Gasteiger partial charge >= 0.3 is 0 Å². The van der Waals surface area contributed by atoms with E-state index >= 15 is 0 Å². The predicted molar refractivity (Wildman–Crippen MR) is 269 cm³/mol. The highest BCUT2D eigenvalue weighted by Crippen LogP contribution is 2.54. The fourth-order valence-electron chi connectivity index (χ4n) is 11.7. The smallest absolute Gasteiger partial charge is 0.293 e. The van der Waals surface area contributed by atoms with E-state index in [-0.39, 0.29) is 47.5 Å². The van der Waals surface area contributed by atoms with E-state index in [1.807, 2.05) is 30.3 Å². The second-order valence-electron chi connectivity index (χ2n) is 20.1. The van der Waals surface area contributed by atoms with Gasteiger partial charge in [-0.1, -0.05) is 18.2 Å². The second-order valence-corrected chi connectivity index (χ2v) is 21.8. The zero-order valence-corrected chi connectivity index (χ0v) is 41.4. The molecule has 1 aliphatic carbocycles. The molecule has 19 nitrogen and oxygen atoms in total. The van der Waals surface area contributed by atoms with Crippen molar-refractivity contribution in [2.45, 2.75) is 93.7 Å². The maximum atomic E-state index is 14.7. The molecule has 11 rings (SSSR count). The number of carbonyl (C=O) groups is 1. The molecule has 0 radical (unpaired) electrons. The molecular formula is C52H62N8O11S. The number of nitro groups is 1. The largest absolute Gasteiger partial charge is 0.491 e. The van der Waals surface area contributed by atoms with Crippen LogP contribution in [-0.4, -0.2) is 137 Å². The van der Waals surface area contributed by atoms with Crippen molar-refractivity contribution in [3.05, 3.63) is 100 Å². The number of para-hydroxylation sites is 1. The number of ether oxygens (including phenoxy) is 6. The van der Waals surface area contributed by atoms with E-state index in [0.717, 1.165) is 74.6 Å². The lowest BCUT2D eigenvalue weighted by Crippen LogP contribution is -2.56. The number of H-pyrrole nitrogens is 1. The second kappa shape index (κ2) is 20.1. The van der Waals surface area contributed by atoms with Gasteiger partial charge in [0.15, 0.2) is 0 Å². The van der Waals surface area contributed by atoms with Gasteiger partial charge in [-0.2, -0.15) is 4.98 Å². The van der Waals surface area contributed by atoms with Crippen LogP contribution in [0.4, 0.5) is 28.4 Å². The lowest BCUT2D eigenvalue weighted by molar-refractivity contribution is -0.384. The zero-order valence-electron chi connectivity index (χ0n) is 40.6. The molecule has 5 fully saturated rings. The van der Waals surface area contributed by atoms with Crippen LogP contribution in [0.1, 0.15) is 74.3 Å². The Balaban J connectivity index is 0.869. The first kappa shape index (κ1) is 48.2. The first-order valence-corrected chi connectivity index (χ1v) is 26.7. The molecule has 1 saturated carbocycles. The number of amides is 1. The van der Waals surface area contributed by atoms with Gasteiger partial charge in [-0.15, -0.1) is 0 Å². The summed E-state index contributed by atoms with van der Waals surface area (Å²) in [5, 5.41) is 16.1. The average molecular weight is 1010 g/mol. The summed E-state index contributed by atoms with van der Waals surface area (Å²) in [5.74, 6) is 0.412. The molecule has 2 aromatic heterocycles. The summed E-state index contributed by atoms with van der Waals surface area (Å²) in [5.41, 5.74) is 3.83. The van der Waals surface area contributed by atoms with Crippen LogP contribution < -0.4 is 29.3 Å². The summed E-state index contributed by atoms with van der Waals surface area (Å²) in [7, 11) is -4.63. The minimum absolute atomic E-state index is 0.0736. The maximum absolute atomic E-state index is 14.7. The van der Waals surface area contributed by atoms with Gasteiger partial charge in [-0.25, -0.2) is 13.1 Å². The van der Waals surface area contributed by atoms with Crippen LogP contribution in [0.3, 0.4) is 0 Å². The van der Waals surface area contributed by atoms with E-state index in [9.17, 15) is 23.3 Å². The Kier molecular flexibility index (Phi) is 13.5. The highest BCUT2D eigenvalue weighted by molar-refractivity contribution is 7.90. The Hall–Kier alpha value is -6.03. The van der Waals surface area contributed by atoms with Gasteiger partial charge in [-0.3, -0.25) is 19.8 Å². The lowest BCUT2D eigenvalue weighted by atomic mass is 9.59. The van der Waals surface area contributed by atoms with Gasteiger partial charge in [-0.05, 0) is 106 Å². The Morgan fingerprint density at radius 1 is 0.931 bits per heavy atom. The maximum Gasteiger partial charge on any atom is 0.293 e. The number of nitrogens with one attached hydrogen (secondary N) is 3. The number of nitro benzene ring substituents is 1. The highest BCUT2D eigenvalue weighted by atomic mass is 32.2. The molecule has 0 bridgehead atoms. The fraction of sp³-hybridized carbons (Fsp3) is 0.500. The topological polar surface area (TPSA) is 212 Å². The monoisotopic (exact) mass is 1010 g/mol. The third kappa shape index (κ3) is 9.67. The van der Waals surface area contributed by atoms with Gasteiger partial charge < -0.3 is 48.5 Å². The molecule has 3 N–H and O–H groups in total. The van der Waals surface area contributed by atoms with Crippen molar-refractivity contribution in [3.63, 3.8) is 0 Å². The van der Waals surface area contributed by atoms with Crippen molar-refractivity contribution in [1.82, 2.24) is 19.6 Å². The number of hydrogen-bond acceptors (Lipinski definition) is 16. The van der Waals surface area contributed by atoms with Gasteiger partial charge in [0.25, 0.3) is 21.6 Å². The van der Waals surface area contributed by atoms with Crippen molar-refractivity contribution in [3.8, 4) is 11.6 Å². The number of pyridine rings is 1. The molecule has 1 amide bonds. The van der Waals surface area contributed by atoms with Gasteiger partial charge in [0.1, 0.15) is 28.9 Å². The quantitative estimate of drug-likeness (QED) is 0.0793. The molecule has 4 atom stereocenters. The van der Waals surface area contributed by atoms with Crippen molar-refractivity contribution in [2.75, 3.05) is 87.5 Å². The number of piperidine rings is 1. The van der Waals surface area contributed by atoms with Crippen LogP contribution in [0.15, 0.2) is 83.9 Å².